The second kappa shape index (κ2) is 5.92. The van der Waals surface area contributed by atoms with Crippen LogP contribution in [0.4, 0.5) is 5.69 Å². The van der Waals surface area contributed by atoms with Gasteiger partial charge >= 0.3 is 0 Å². The number of rotatable bonds is 5. The Morgan fingerprint density at radius 1 is 1.32 bits per heavy atom. The van der Waals surface area contributed by atoms with Crippen LogP contribution in [0.15, 0.2) is 42.6 Å². The molecule has 0 aliphatic heterocycles. The maximum Gasteiger partial charge on any atom is 0.287 e. The fourth-order valence-corrected chi connectivity index (χ4v) is 1.59. The summed E-state index contributed by atoms with van der Waals surface area (Å²) in [5.41, 5.74) is 0.931. The van der Waals surface area contributed by atoms with Gasteiger partial charge in [0.15, 0.2) is 0 Å². The van der Waals surface area contributed by atoms with Crippen molar-refractivity contribution in [1.29, 1.82) is 0 Å². The third-order valence-electron chi connectivity index (χ3n) is 2.49. The van der Waals surface area contributed by atoms with Gasteiger partial charge in [0.25, 0.3) is 5.69 Å². The van der Waals surface area contributed by atoms with E-state index in [4.69, 9.17) is 4.74 Å². The van der Waals surface area contributed by atoms with Crippen LogP contribution in [-0.2, 0) is 6.54 Å². The lowest BCUT2D eigenvalue weighted by Gasteiger charge is -2.09. The molecule has 98 valence electrons. The molecule has 0 unspecified atom stereocenters. The molecule has 19 heavy (non-hydrogen) atoms. The molecule has 6 nitrogen and oxygen atoms in total. The number of ether oxygens (including phenoxy) is 1. The lowest BCUT2D eigenvalue weighted by molar-refractivity contribution is -0.385. The van der Waals surface area contributed by atoms with E-state index < -0.39 is 4.92 Å². The van der Waals surface area contributed by atoms with Crippen molar-refractivity contribution in [2.45, 2.75) is 6.54 Å². The fraction of sp³-hybridized carbons (Fsp3) is 0.154. The quantitative estimate of drug-likeness (QED) is 0.659. The minimum atomic E-state index is -0.494. The molecule has 2 aromatic rings. The Labute approximate surface area is 110 Å². The van der Waals surface area contributed by atoms with Crippen molar-refractivity contribution >= 4 is 5.69 Å². The summed E-state index contributed by atoms with van der Waals surface area (Å²) in [6.45, 7) is 0.670. The SMILES string of the molecule is CNCc1ccccc1Oc1ccc([N+](=O)[O-])cn1. The van der Waals surface area contributed by atoms with Crippen LogP contribution in [0.3, 0.4) is 0 Å². The number of nitrogens with one attached hydrogen (secondary N) is 1. The number of aromatic nitrogens is 1. The summed E-state index contributed by atoms with van der Waals surface area (Å²) in [4.78, 5) is 13.9. The van der Waals surface area contributed by atoms with E-state index in [1.165, 1.54) is 18.3 Å². The first-order chi connectivity index (χ1) is 9.20. The third-order valence-corrected chi connectivity index (χ3v) is 2.49. The number of hydrogen-bond acceptors (Lipinski definition) is 5. The largest absolute Gasteiger partial charge is 0.439 e. The van der Waals surface area contributed by atoms with Gasteiger partial charge in [-0.2, -0.15) is 0 Å². The highest BCUT2D eigenvalue weighted by Gasteiger charge is 2.08. The van der Waals surface area contributed by atoms with Crippen molar-refractivity contribution < 1.29 is 9.66 Å². The molecule has 0 radical (unpaired) electrons. The molecule has 6 heteroatoms. The highest BCUT2D eigenvalue weighted by atomic mass is 16.6. The average molecular weight is 259 g/mol. The first-order valence-corrected chi connectivity index (χ1v) is 5.71. The van der Waals surface area contributed by atoms with Crippen molar-refractivity contribution in [3.05, 3.63) is 58.3 Å². The Bertz CT molecular complexity index is 570. The predicted molar refractivity (Wildman–Crippen MR) is 70.2 cm³/mol. The molecule has 2 rings (SSSR count). The smallest absolute Gasteiger partial charge is 0.287 e. The Morgan fingerprint density at radius 2 is 2.11 bits per heavy atom. The Balaban J connectivity index is 2.19. The molecular formula is C13H13N3O3. The molecule has 0 saturated carbocycles. The molecule has 1 aromatic carbocycles. The van der Waals surface area contributed by atoms with Crippen molar-refractivity contribution in [3.63, 3.8) is 0 Å². The van der Waals surface area contributed by atoms with E-state index in [1.807, 2.05) is 31.3 Å². The summed E-state index contributed by atoms with van der Waals surface area (Å²) in [5.74, 6) is 1.01. The molecule has 1 aromatic heterocycles. The third kappa shape index (κ3) is 3.26. The summed E-state index contributed by atoms with van der Waals surface area (Å²) in [5, 5.41) is 13.6. The highest BCUT2D eigenvalue weighted by molar-refractivity contribution is 5.37. The molecule has 1 heterocycles. The van der Waals surface area contributed by atoms with Gasteiger partial charge in [0.1, 0.15) is 11.9 Å². The molecule has 0 fully saturated rings. The number of para-hydroxylation sites is 1. The summed E-state index contributed by atoms with van der Waals surface area (Å²) in [7, 11) is 1.85. The van der Waals surface area contributed by atoms with E-state index in [1.54, 1.807) is 0 Å². The maximum atomic E-state index is 10.5. The van der Waals surface area contributed by atoms with E-state index in [-0.39, 0.29) is 5.69 Å². The summed E-state index contributed by atoms with van der Waals surface area (Å²) in [6, 6.07) is 10.4. The zero-order chi connectivity index (χ0) is 13.7. The topological polar surface area (TPSA) is 77.3 Å². The van der Waals surface area contributed by atoms with Crippen LogP contribution in [0.2, 0.25) is 0 Å². The van der Waals surface area contributed by atoms with Crippen molar-refractivity contribution in [1.82, 2.24) is 10.3 Å². The number of benzene rings is 1. The van der Waals surface area contributed by atoms with Crippen LogP contribution >= 0.6 is 0 Å². The molecule has 0 aliphatic carbocycles. The first-order valence-electron chi connectivity index (χ1n) is 5.71. The van der Waals surface area contributed by atoms with Gasteiger partial charge in [0, 0.05) is 24.2 Å². The van der Waals surface area contributed by atoms with Crippen molar-refractivity contribution in [3.8, 4) is 11.6 Å². The van der Waals surface area contributed by atoms with E-state index in [2.05, 4.69) is 10.3 Å². The zero-order valence-corrected chi connectivity index (χ0v) is 10.4. The molecular weight excluding hydrogens is 246 g/mol. The van der Waals surface area contributed by atoms with Crippen LogP contribution in [-0.4, -0.2) is 17.0 Å². The van der Waals surface area contributed by atoms with Gasteiger partial charge in [-0.15, -0.1) is 0 Å². The Kier molecular flexibility index (Phi) is 4.04. The van der Waals surface area contributed by atoms with Gasteiger partial charge in [-0.05, 0) is 13.1 Å². The summed E-state index contributed by atoms with van der Waals surface area (Å²) < 4.78 is 5.62. The zero-order valence-electron chi connectivity index (χ0n) is 10.4. The molecule has 0 spiro atoms. The summed E-state index contributed by atoms with van der Waals surface area (Å²) >= 11 is 0. The molecule has 0 atom stereocenters. The van der Waals surface area contributed by atoms with Crippen LogP contribution in [0.5, 0.6) is 11.6 Å². The molecule has 1 N–H and O–H groups in total. The van der Waals surface area contributed by atoms with Crippen molar-refractivity contribution in [2.24, 2.45) is 0 Å². The molecule has 0 amide bonds. The highest BCUT2D eigenvalue weighted by Crippen LogP contribution is 2.24. The van der Waals surface area contributed by atoms with Gasteiger partial charge in [-0.25, -0.2) is 4.98 Å². The van der Waals surface area contributed by atoms with Gasteiger partial charge < -0.3 is 10.1 Å². The molecule has 0 bridgehead atoms. The van der Waals surface area contributed by atoms with E-state index >= 15 is 0 Å². The maximum absolute atomic E-state index is 10.5. The standard InChI is InChI=1S/C13H13N3O3/c1-14-8-10-4-2-3-5-12(10)19-13-7-6-11(9-15-13)16(17)18/h2-7,9,14H,8H2,1H3. The number of nitro groups is 1. The average Bonchev–Trinajstić information content (AvgIpc) is 2.42. The van der Waals surface area contributed by atoms with Crippen LogP contribution in [0.1, 0.15) is 5.56 Å². The van der Waals surface area contributed by atoms with E-state index in [9.17, 15) is 10.1 Å². The Morgan fingerprint density at radius 3 is 2.74 bits per heavy atom. The van der Waals surface area contributed by atoms with Gasteiger partial charge in [-0.1, -0.05) is 18.2 Å². The van der Waals surface area contributed by atoms with E-state index in [0.29, 0.717) is 18.2 Å². The predicted octanol–water partition coefficient (Wildman–Crippen LogP) is 2.50. The molecule has 0 aliphatic rings. The monoisotopic (exact) mass is 259 g/mol. The second-order valence-corrected chi connectivity index (χ2v) is 3.85. The normalized spacial score (nSPS) is 10.2. The number of nitrogens with zero attached hydrogens (tertiary/aromatic N) is 2. The van der Waals surface area contributed by atoms with Crippen molar-refractivity contribution in [2.75, 3.05) is 7.05 Å². The second-order valence-electron chi connectivity index (χ2n) is 3.85. The summed E-state index contributed by atoms with van der Waals surface area (Å²) in [6.07, 6.45) is 1.18. The van der Waals surface area contributed by atoms with Gasteiger partial charge in [0.05, 0.1) is 4.92 Å². The van der Waals surface area contributed by atoms with E-state index in [0.717, 1.165) is 5.56 Å². The lowest BCUT2D eigenvalue weighted by atomic mass is 10.2. The molecule has 0 saturated heterocycles. The lowest BCUT2D eigenvalue weighted by Crippen LogP contribution is -2.06. The fourth-order valence-electron chi connectivity index (χ4n) is 1.59. The van der Waals surface area contributed by atoms with Gasteiger partial charge in [-0.3, -0.25) is 10.1 Å². The minimum Gasteiger partial charge on any atom is -0.439 e. The van der Waals surface area contributed by atoms with Crippen LogP contribution < -0.4 is 10.1 Å². The van der Waals surface area contributed by atoms with Crippen LogP contribution in [0.25, 0.3) is 0 Å². The van der Waals surface area contributed by atoms with Crippen LogP contribution in [0, 0.1) is 10.1 Å². The number of pyridine rings is 1. The first kappa shape index (κ1) is 13.0. The number of hydrogen-bond donors (Lipinski definition) is 1. The van der Waals surface area contributed by atoms with Gasteiger partial charge in [0.2, 0.25) is 5.88 Å². The Hall–Kier alpha value is -2.47. The minimum absolute atomic E-state index is 0.0594.